The summed E-state index contributed by atoms with van der Waals surface area (Å²) < 4.78 is 0. The second-order valence-electron chi connectivity index (χ2n) is 3.46. The quantitative estimate of drug-likeness (QED) is 0.608. The summed E-state index contributed by atoms with van der Waals surface area (Å²) in [5.74, 6) is -0.140. The molecule has 0 aromatic carbocycles. The zero-order valence-electron chi connectivity index (χ0n) is 7.70. The molecule has 0 aromatic rings. The molecule has 0 heterocycles. The minimum absolute atomic E-state index is 0.140. The molecule has 0 bridgehead atoms. The van der Waals surface area contributed by atoms with Crippen LogP contribution >= 0.6 is 0 Å². The Kier molecular flexibility index (Phi) is 3.76. The highest BCUT2D eigenvalue weighted by Crippen LogP contribution is 2.19. The summed E-state index contributed by atoms with van der Waals surface area (Å²) in [6.45, 7) is 7.07. The van der Waals surface area contributed by atoms with Gasteiger partial charge in [0.1, 0.15) is 0 Å². The van der Waals surface area contributed by atoms with Crippen LogP contribution in [0.15, 0.2) is 12.2 Å². The monoisotopic (exact) mass is 158 g/mol. The second kappa shape index (κ2) is 3.88. The molecule has 2 atom stereocenters. The topological polar surface area (TPSA) is 40.5 Å². The Labute approximate surface area is 68.6 Å². The minimum Gasteiger partial charge on any atom is -0.390 e. The molecule has 2 N–H and O–H groups in total. The van der Waals surface area contributed by atoms with E-state index in [9.17, 15) is 10.2 Å². The molecule has 0 aliphatic rings. The van der Waals surface area contributed by atoms with Crippen molar-refractivity contribution in [2.24, 2.45) is 5.92 Å². The van der Waals surface area contributed by atoms with E-state index in [-0.39, 0.29) is 5.92 Å². The van der Waals surface area contributed by atoms with E-state index in [2.05, 4.69) is 0 Å². The maximum absolute atomic E-state index is 9.49. The Hall–Kier alpha value is -0.340. The van der Waals surface area contributed by atoms with Crippen LogP contribution in [0.2, 0.25) is 0 Å². The molecule has 0 spiro atoms. The zero-order valence-corrected chi connectivity index (χ0v) is 7.70. The average Bonchev–Trinajstić information content (AvgIpc) is 1.85. The SMILES string of the molecule is C/C=C/[C@@H](O)[C@H](C)C(C)(C)O. The lowest BCUT2D eigenvalue weighted by molar-refractivity contribution is -0.0219. The maximum Gasteiger partial charge on any atom is 0.0773 e. The second-order valence-corrected chi connectivity index (χ2v) is 3.46. The molecule has 0 amide bonds. The molecule has 66 valence electrons. The van der Waals surface area contributed by atoms with Crippen molar-refractivity contribution in [2.75, 3.05) is 0 Å². The molecule has 0 radical (unpaired) electrons. The summed E-state index contributed by atoms with van der Waals surface area (Å²) in [6.07, 6.45) is 2.91. The van der Waals surface area contributed by atoms with Gasteiger partial charge in [-0.3, -0.25) is 0 Å². The van der Waals surface area contributed by atoms with Gasteiger partial charge in [-0.25, -0.2) is 0 Å². The normalized spacial score (nSPS) is 18.7. The van der Waals surface area contributed by atoms with Crippen molar-refractivity contribution in [1.29, 1.82) is 0 Å². The molecular formula is C9H18O2. The van der Waals surface area contributed by atoms with Crippen LogP contribution < -0.4 is 0 Å². The fourth-order valence-corrected chi connectivity index (χ4v) is 0.782. The van der Waals surface area contributed by atoms with Crippen LogP contribution in [0, 0.1) is 5.92 Å². The summed E-state index contributed by atoms with van der Waals surface area (Å²) >= 11 is 0. The van der Waals surface area contributed by atoms with Crippen molar-refractivity contribution in [3.8, 4) is 0 Å². The van der Waals surface area contributed by atoms with Crippen molar-refractivity contribution < 1.29 is 10.2 Å². The number of aliphatic hydroxyl groups is 2. The third-order valence-electron chi connectivity index (χ3n) is 2.02. The highest BCUT2D eigenvalue weighted by molar-refractivity contribution is 4.93. The Morgan fingerprint density at radius 3 is 2.09 bits per heavy atom. The highest BCUT2D eigenvalue weighted by atomic mass is 16.3. The number of rotatable bonds is 3. The molecule has 0 saturated heterocycles. The molecule has 0 aliphatic heterocycles. The van der Waals surface area contributed by atoms with Gasteiger partial charge in [-0.05, 0) is 20.8 Å². The van der Waals surface area contributed by atoms with Crippen LogP contribution in [0.25, 0.3) is 0 Å². The van der Waals surface area contributed by atoms with Crippen molar-refractivity contribution in [1.82, 2.24) is 0 Å². The molecule has 11 heavy (non-hydrogen) atoms. The Balaban J connectivity index is 4.13. The van der Waals surface area contributed by atoms with E-state index in [1.807, 2.05) is 13.8 Å². The summed E-state index contributed by atoms with van der Waals surface area (Å²) in [4.78, 5) is 0. The van der Waals surface area contributed by atoms with E-state index >= 15 is 0 Å². The largest absolute Gasteiger partial charge is 0.390 e. The molecule has 2 heteroatoms. The summed E-state index contributed by atoms with van der Waals surface area (Å²) in [7, 11) is 0. The standard InChI is InChI=1S/C9H18O2/c1-5-6-8(10)7(2)9(3,4)11/h5-8,10-11H,1-4H3/b6-5+/t7-,8+/m0/s1. The molecule has 2 nitrogen and oxygen atoms in total. The van der Waals surface area contributed by atoms with Crippen molar-refractivity contribution in [2.45, 2.75) is 39.4 Å². The lowest BCUT2D eigenvalue weighted by Gasteiger charge is -2.28. The van der Waals surface area contributed by atoms with Crippen LogP contribution in [-0.4, -0.2) is 21.9 Å². The Bertz CT molecular complexity index is 133. The van der Waals surface area contributed by atoms with Gasteiger partial charge in [-0.1, -0.05) is 19.1 Å². The van der Waals surface area contributed by atoms with Crippen molar-refractivity contribution in [3.63, 3.8) is 0 Å². The van der Waals surface area contributed by atoms with Gasteiger partial charge in [0.2, 0.25) is 0 Å². The third-order valence-corrected chi connectivity index (χ3v) is 2.02. The lowest BCUT2D eigenvalue weighted by atomic mass is 9.88. The van der Waals surface area contributed by atoms with Gasteiger partial charge < -0.3 is 10.2 Å². The van der Waals surface area contributed by atoms with Crippen LogP contribution in [0.3, 0.4) is 0 Å². The van der Waals surface area contributed by atoms with Gasteiger partial charge in [0.25, 0.3) is 0 Å². The molecule has 0 fully saturated rings. The van der Waals surface area contributed by atoms with Gasteiger partial charge in [0.05, 0.1) is 11.7 Å². The number of hydrogen-bond acceptors (Lipinski definition) is 2. The van der Waals surface area contributed by atoms with Crippen molar-refractivity contribution >= 4 is 0 Å². The first-order chi connectivity index (χ1) is 4.89. The maximum atomic E-state index is 9.49. The van der Waals surface area contributed by atoms with Gasteiger partial charge in [0, 0.05) is 5.92 Å². The Morgan fingerprint density at radius 1 is 1.36 bits per heavy atom. The fraction of sp³-hybridized carbons (Fsp3) is 0.778. The summed E-state index contributed by atoms with van der Waals surface area (Å²) in [5.41, 5.74) is -0.821. The molecule has 0 aromatic heterocycles. The highest BCUT2D eigenvalue weighted by Gasteiger charge is 2.26. The predicted octanol–water partition coefficient (Wildman–Crippen LogP) is 1.33. The van der Waals surface area contributed by atoms with E-state index in [1.165, 1.54) is 0 Å². The molecular weight excluding hydrogens is 140 g/mol. The number of hydrogen-bond donors (Lipinski definition) is 2. The van der Waals surface area contributed by atoms with E-state index in [1.54, 1.807) is 26.0 Å². The number of allylic oxidation sites excluding steroid dienone is 1. The summed E-state index contributed by atoms with van der Waals surface area (Å²) in [5, 5.41) is 18.9. The van der Waals surface area contributed by atoms with Gasteiger partial charge in [0.15, 0.2) is 0 Å². The van der Waals surface area contributed by atoms with Crippen LogP contribution in [0.4, 0.5) is 0 Å². The first kappa shape index (κ1) is 10.7. The molecule has 0 unspecified atom stereocenters. The smallest absolute Gasteiger partial charge is 0.0773 e. The Morgan fingerprint density at radius 2 is 1.82 bits per heavy atom. The van der Waals surface area contributed by atoms with E-state index < -0.39 is 11.7 Å². The molecule has 0 aliphatic carbocycles. The number of aliphatic hydroxyl groups excluding tert-OH is 1. The molecule has 0 saturated carbocycles. The first-order valence-electron chi connectivity index (χ1n) is 3.93. The van der Waals surface area contributed by atoms with Gasteiger partial charge in [-0.2, -0.15) is 0 Å². The fourth-order valence-electron chi connectivity index (χ4n) is 0.782. The minimum atomic E-state index is -0.821. The molecule has 0 rings (SSSR count). The van der Waals surface area contributed by atoms with Crippen LogP contribution in [0.1, 0.15) is 27.7 Å². The van der Waals surface area contributed by atoms with E-state index in [4.69, 9.17) is 0 Å². The predicted molar refractivity (Wildman–Crippen MR) is 46.3 cm³/mol. The van der Waals surface area contributed by atoms with Crippen LogP contribution in [-0.2, 0) is 0 Å². The van der Waals surface area contributed by atoms with Gasteiger partial charge >= 0.3 is 0 Å². The zero-order chi connectivity index (χ0) is 9.07. The average molecular weight is 158 g/mol. The van der Waals surface area contributed by atoms with Gasteiger partial charge in [-0.15, -0.1) is 0 Å². The summed E-state index contributed by atoms with van der Waals surface area (Å²) in [6, 6.07) is 0. The van der Waals surface area contributed by atoms with E-state index in [0.717, 1.165) is 0 Å². The lowest BCUT2D eigenvalue weighted by Crippen LogP contribution is -2.36. The van der Waals surface area contributed by atoms with E-state index in [0.29, 0.717) is 0 Å². The third kappa shape index (κ3) is 3.54. The first-order valence-corrected chi connectivity index (χ1v) is 3.93. The van der Waals surface area contributed by atoms with Crippen LogP contribution in [0.5, 0.6) is 0 Å². The van der Waals surface area contributed by atoms with Crippen molar-refractivity contribution in [3.05, 3.63) is 12.2 Å².